The fraction of sp³-hybridized carbons (Fsp3) is 0. The molecule has 2 aliphatic carbocycles. The molecule has 0 unspecified atom stereocenters. The standard InChI is InChI=1S/C34H4F6N8/c35-29-13(5-41)1-3-17(31(29)37)23-19(11-47)25-27(21(23)15(7-43)8-44)34(40)28-22(16(9-45)10-46)24(20(12-48)26(28)33(25)39)18-4-2-14(6-42)30(36)32(18)38/h1-4H. The molecule has 3 aromatic carbocycles. The van der Waals surface area contributed by atoms with E-state index in [9.17, 15) is 40.4 Å². The molecule has 0 aliphatic heterocycles. The van der Waals surface area contributed by atoms with Crippen molar-refractivity contribution in [1.29, 1.82) is 42.1 Å². The first-order chi connectivity index (χ1) is 23.0. The molecule has 0 saturated heterocycles. The van der Waals surface area contributed by atoms with E-state index in [-0.39, 0.29) is 0 Å². The van der Waals surface area contributed by atoms with Gasteiger partial charge in [0, 0.05) is 55.7 Å². The third-order valence-electron chi connectivity index (χ3n) is 7.49. The van der Waals surface area contributed by atoms with Crippen LogP contribution in [0.25, 0.3) is 33.4 Å². The Morgan fingerprint density at radius 2 is 0.729 bits per heavy atom. The van der Waals surface area contributed by atoms with Gasteiger partial charge in [-0.05, 0) is 24.3 Å². The lowest BCUT2D eigenvalue weighted by atomic mass is 9.87. The van der Waals surface area contributed by atoms with Gasteiger partial charge >= 0.3 is 0 Å². The number of fused-ring (bicyclic) bond motifs is 2. The first-order valence-electron chi connectivity index (χ1n) is 12.7. The molecular formula is C34H4F6N8. The van der Waals surface area contributed by atoms with Gasteiger partial charge in [-0.25, -0.2) is 26.3 Å². The third-order valence-corrected chi connectivity index (χ3v) is 7.49. The van der Waals surface area contributed by atoms with Crippen LogP contribution in [0.1, 0.15) is 44.5 Å². The van der Waals surface area contributed by atoms with Gasteiger partial charge in [0.2, 0.25) is 0 Å². The predicted molar refractivity (Wildman–Crippen MR) is 150 cm³/mol. The van der Waals surface area contributed by atoms with Gasteiger partial charge in [-0.1, -0.05) is 0 Å². The quantitative estimate of drug-likeness (QED) is 0.217. The van der Waals surface area contributed by atoms with Gasteiger partial charge in [0.1, 0.15) is 71.3 Å². The highest BCUT2D eigenvalue weighted by atomic mass is 19.2. The summed E-state index contributed by atoms with van der Waals surface area (Å²) in [4.78, 5) is 0. The van der Waals surface area contributed by atoms with Crippen molar-refractivity contribution in [3.63, 3.8) is 0 Å². The molecule has 0 aromatic heterocycles. The monoisotopic (exact) mass is 638 g/mol. The normalized spacial score (nSPS) is 12.4. The van der Waals surface area contributed by atoms with Crippen molar-refractivity contribution in [2.24, 2.45) is 0 Å². The molecular weight excluding hydrogens is 634 g/mol. The summed E-state index contributed by atoms with van der Waals surface area (Å²) >= 11 is 0. The van der Waals surface area contributed by atoms with E-state index in [2.05, 4.69) is 0 Å². The Hall–Kier alpha value is -7.88. The number of rotatable bonds is 2. The SMILES string of the molecule is N#CC(C#N)=C1C(c2ccc(C#N)c(F)c2F)=C(C#N)c2c(F)c3c(c(F)c21)C(=C(C#N)C#N)C(c1ccc(C#N)c(F)c1F)=C3C#N. The van der Waals surface area contributed by atoms with Gasteiger partial charge in [-0.15, -0.1) is 0 Å². The summed E-state index contributed by atoms with van der Waals surface area (Å²) in [6.45, 7) is 0. The van der Waals surface area contributed by atoms with Crippen LogP contribution in [0.3, 0.4) is 0 Å². The highest BCUT2D eigenvalue weighted by Gasteiger charge is 2.45. The Balaban J connectivity index is 2.06. The minimum absolute atomic E-state index is 0.765. The van der Waals surface area contributed by atoms with Gasteiger partial charge < -0.3 is 0 Å². The molecule has 0 N–H and O–H groups in total. The Morgan fingerprint density at radius 1 is 0.396 bits per heavy atom. The maximum atomic E-state index is 17.0. The van der Waals surface area contributed by atoms with Crippen molar-refractivity contribution < 1.29 is 26.3 Å². The first-order valence-corrected chi connectivity index (χ1v) is 12.7. The van der Waals surface area contributed by atoms with E-state index in [1.807, 2.05) is 0 Å². The van der Waals surface area contributed by atoms with Crippen molar-refractivity contribution in [2.45, 2.75) is 0 Å². The largest absolute Gasteiger partial charge is 0.206 e. The Kier molecular flexibility index (Phi) is 7.60. The van der Waals surface area contributed by atoms with E-state index in [0.29, 0.717) is 0 Å². The average Bonchev–Trinajstić information content (AvgIpc) is 3.61. The summed E-state index contributed by atoms with van der Waals surface area (Å²) in [6.07, 6.45) is 0. The van der Waals surface area contributed by atoms with E-state index >= 15 is 17.6 Å². The zero-order valence-corrected chi connectivity index (χ0v) is 23.2. The van der Waals surface area contributed by atoms with Crippen molar-refractivity contribution >= 4 is 33.4 Å². The van der Waals surface area contributed by atoms with Crippen LogP contribution in [0.15, 0.2) is 35.4 Å². The molecule has 14 heteroatoms. The summed E-state index contributed by atoms with van der Waals surface area (Å²) in [7, 11) is 0. The lowest BCUT2D eigenvalue weighted by Gasteiger charge is -2.15. The zero-order chi connectivity index (χ0) is 35.2. The van der Waals surface area contributed by atoms with E-state index in [1.54, 1.807) is 0 Å². The number of hydrogen-bond donors (Lipinski definition) is 0. The molecule has 5 rings (SSSR count). The molecule has 48 heavy (non-hydrogen) atoms. The number of hydrogen-bond acceptors (Lipinski definition) is 8. The topological polar surface area (TPSA) is 190 Å². The molecule has 8 nitrogen and oxygen atoms in total. The van der Waals surface area contributed by atoms with E-state index < -0.39 is 124 Å². The molecule has 0 amide bonds. The van der Waals surface area contributed by atoms with Crippen molar-refractivity contribution in [3.8, 4) is 48.6 Å². The van der Waals surface area contributed by atoms with Crippen molar-refractivity contribution in [3.05, 3.63) is 115 Å². The Bertz CT molecular complexity index is 2400. The Labute approximate surface area is 265 Å². The third kappa shape index (κ3) is 4.03. The maximum Gasteiger partial charge on any atom is 0.177 e. The molecule has 2 aliphatic rings. The van der Waals surface area contributed by atoms with Crippen LogP contribution in [-0.4, -0.2) is 0 Å². The van der Waals surface area contributed by atoms with Gasteiger partial charge in [0.15, 0.2) is 23.3 Å². The molecule has 0 spiro atoms. The van der Waals surface area contributed by atoms with Crippen LogP contribution >= 0.6 is 0 Å². The van der Waals surface area contributed by atoms with E-state index in [1.165, 1.54) is 48.6 Å². The minimum Gasteiger partial charge on any atom is -0.206 e. The van der Waals surface area contributed by atoms with Crippen molar-refractivity contribution in [1.82, 2.24) is 0 Å². The fourth-order valence-electron chi connectivity index (χ4n) is 5.57. The summed E-state index contributed by atoms with van der Waals surface area (Å²) in [5.74, 6) is -10.4. The Morgan fingerprint density at radius 3 is 1.02 bits per heavy atom. The van der Waals surface area contributed by atoms with E-state index in [4.69, 9.17) is 10.5 Å². The predicted octanol–water partition coefficient (Wildman–Crippen LogP) is 6.76. The summed E-state index contributed by atoms with van der Waals surface area (Å²) in [5, 5.41) is 77.6. The molecule has 0 radical (unpaired) electrons. The molecule has 0 saturated carbocycles. The smallest absolute Gasteiger partial charge is 0.177 e. The maximum absolute atomic E-state index is 17.0. The van der Waals surface area contributed by atoms with Gasteiger partial charge in [-0.3, -0.25) is 0 Å². The number of halogens is 6. The highest BCUT2D eigenvalue weighted by molar-refractivity contribution is 6.30. The highest BCUT2D eigenvalue weighted by Crippen LogP contribution is 2.57. The van der Waals surface area contributed by atoms with Crippen LogP contribution in [0.2, 0.25) is 0 Å². The van der Waals surface area contributed by atoms with Gasteiger partial charge in [-0.2, -0.15) is 42.1 Å². The van der Waals surface area contributed by atoms with Crippen LogP contribution in [0.4, 0.5) is 26.3 Å². The lowest BCUT2D eigenvalue weighted by Crippen LogP contribution is -2.05. The van der Waals surface area contributed by atoms with Gasteiger partial charge in [0.25, 0.3) is 0 Å². The second kappa shape index (κ2) is 11.6. The lowest BCUT2D eigenvalue weighted by molar-refractivity contribution is 0.504. The molecule has 0 fully saturated rings. The van der Waals surface area contributed by atoms with Crippen LogP contribution in [0.5, 0.6) is 0 Å². The van der Waals surface area contributed by atoms with Crippen LogP contribution in [0, 0.1) is 126 Å². The molecule has 0 heterocycles. The van der Waals surface area contributed by atoms with Gasteiger partial charge in [0.05, 0.1) is 22.3 Å². The number of nitrogens with zero attached hydrogens (tertiary/aromatic N) is 8. The zero-order valence-electron chi connectivity index (χ0n) is 23.2. The number of nitriles is 8. The second-order valence-corrected chi connectivity index (χ2v) is 9.60. The van der Waals surface area contributed by atoms with Crippen LogP contribution in [-0.2, 0) is 0 Å². The second-order valence-electron chi connectivity index (χ2n) is 9.60. The first kappa shape index (κ1) is 31.5. The molecule has 0 bridgehead atoms. The minimum atomic E-state index is -1.79. The average molecular weight is 638 g/mol. The summed E-state index contributed by atoms with van der Waals surface area (Å²) in [5.41, 5.74) is -15.2. The fourth-order valence-corrected chi connectivity index (χ4v) is 5.57. The van der Waals surface area contributed by atoms with Crippen LogP contribution < -0.4 is 0 Å². The summed E-state index contributed by atoms with van der Waals surface area (Å²) in [6, 6.07) is 14.5. The summed E-state index contributed by atoms with van der Waals surface area (Å²) < 4.78 is 94.2. The molecule has 222 valence electrons. The number of allylic oxidation sites excluding steroid dienone is 8. The molecule has 0 atom stereocenters. The van der Waals surface area contributed by atoms with E-state index in [0.717, 1.165) is 24.3 Å². The number of benzene rings is 3. The van der Waals surface area contributed by atoms with Crippen molar-refractivity contribution in [2.75, 3.05) is 0 Å². The molecule has 3 aromatic rings.